The number of ether oxygens (including phenoxy) is 1. The number of hydrogen-bond donors (Lipinski definition) is 0. The van der Waals surface area contributed by atoms with E-state index < -0.39 is 34.1 Å². The average Bonchev–Trinajstić information content (AvgIpc) is 2.10. The Morgan fingerprint density at radius 3 is 2.06 bits per heavy atom. The molecule has 0 aromatic rings. The average molecular weight is 273 g/mol. The van der Waals surface area contributed by atoms with Gasteiger partial charge in [0.05, 0.1) is 10.9 Å². The Morgan fingerprint density at radius 1 is 1.24 bits per heavy atom. The lowest BCUT2D eigenvalue weighted by atomic mass is 10.3. The van der Waals surface area contributed by atoms with Crippen LogP contribution in [0.4, 0.5) is 13.2 Å². The third-order valence-corrected chi connectivity index (χ3v) is 3.13. The summed E-state index contributed by atoms with van der Waals surface area (Å²) in [6.07, 6.45) is -5.96. The molecule has 0 aromatic carbocycles. The summed E-state index contributed by atoms with van der Waals surface area (Å²) in [6, 6.07) is 0. The van der Waals surface area contributed by atoms with Crippen LogP contribution in [0.15, 0.2) is 4.40 Å². The molecular formula is C10H18F3NO2S. The summed E-state index contributed by atoms with van der Waals surface area (Å²) in [5, 5.41) is 0. The van der Waals surface area contributed by atoms with Gasteiger partial charge in [0.1, 0.15) is 11.0 Å². The smallest absolute Gasteiger partial charge is 0.360 e. The van der Waals surface area contributed by atoms with Crippen LogP contribution in [0.2, 0.25) is 0 Å². The summed E-state index contributed by atoms with van der Waals surface area (Å²) in [5.74, 6) is 0. The summed E-state index contributed by atoms with van der Waals surface area (Å²) in [4.78, 5) is 0. The minimum absolute atomic E-state index is 0.536. The van der Waals surface area contributed by atoms with Gasteiger partial charge < -0.3 is 4.74 Å². The zero-order chi connectivity index (χ0) is 13.9. The Hall–Kier alpha value is -0.430. The van der Waals surface area contributed by atoms with Gasteiger partial charge in [-0.2, -0.15) is 17.6 Å². The van der Waals surface area contributed by atoms with Crippen LogP contribution in [0.5, 0.6) is 0 Å². The van der Waals surface area contributed by atoms with E-state index in [1.54, 1.807) is 20.8 Å². The van der Waals surface area contributed by atoms with Gasteiger partial charge in [0.2, 0.25) is 0 Å². The van der Waals surface area contributed by atoms with Gasteiger partial charge in [-0.15, -0.1) is 0 Å². The molecule has 0 heterocycles. The lowest BCUT2D eigenvalue weighted by molar-refractivity contribution is -0.218. The van der Waals surface area contributed by atoms with Crippen LogP contribution in [0.3, 0.4) is 0 Å². The molecule has 0 amide bonds. The van der Waals surface area contributed by atoms with Crippen molar-refractivity contribution < 1.29 is 22.1 Å². The van der Waals surface area contributed by atoms with Gasteiger partial charge in [-0.3, -0.25) is 0 Å². The van der Waals surface area contributed by atoms with Gasteiger partial charge in [-0.05, 0) is 34.6 Å². The number of nitrogens with zero attached hydrogens (tertiary/aromatic N) is 1. The molecule has 0 aromatic heterocycles. The molecule has 3 nitrogen and oxygen atoms in total. The number of alkyl halides is 3. The van der Waals surface area contributed by atoms with E-state index in [-0.39, 0.29) is 0 Å². The molecule has 0 rings (SSSR count). The van der Waals surface area contributed by atoms with Crippen molar-refractivity contribution >= 4 is 17.2 Å². The van der Waals surface area contributed by atoms with E-state index in [1.165, 1.54) is 6.92 Å². The fourth-order valence-electron chi connectivity index (χ4n) is 0.733. The van der Waals surface area contributed by atoms with Gasteiger partial charge in [-0.1, -0.05) is 0 Å². The van der Waals surface area contributed by atoms with E-state index in [0.717, 1.165) is 13.1 Å². The largest absolute Gasteiger partial charge is 0.414 e. The Morgan fingerprint density at radius 2 is 1.71 bits per heavy atom. The van der Waals surface area contributed by atoms with Crippen molar-refractivity contribution in [2.24, 2.45) is 4.40 Å². The second kappa shape index (κ2) is 5.95. The minimum Gasteiger partial charge on any atom is -0.360 e. The molecule has 0 spiro atoms. The van der Waals surface area contributed by atoms with Crippen LogP contribution in [-0.4, -0.2) is 33.6 Å². The quantitative estimate of drug-likeness (QED) is 0.739. The lowest BCUT2D eigenvalue weighted by Gasteiger charge is -2.19. The SMILES string of the molecule is C[C@H](/C=N/[S@@](=O)C(C)(C)C)O[C@@H](C)C(F)(F)F. The summed E-state index contributed by atoms with van der Waals surface area (Å²) >= 11 is 0. The van der Waals surface area contributed by atoms with Crippen LogP contribution < -0.4 is 0 Å². The Balaban J connectivity index is 4.33. The zero-order valence-corrected chi connectivity index (χ0v) is 11.4. The Kier molecular flexibility index (Phi) is 5.80. The molecule has 0 aliphatic rings. The first kappa shape index (κ1) is 16.6. The molecule has 0 bridgehead atoms. The number of halogens is 3. The van der Waals surface area contributed by atoms with Gasteiger partial charge in [0, 0.05) is 6.21 Å². The van der Waals surface area contributed by atoms with Crippen molar-refractivity contribution in [1.29, 1.82) is 0 Å². The predicted molar refractivity (Wildman–Crippen MR) is 62.5 cm³/mol. The monoisotopic (exact) mass is 273 g/mol. The van der Waals surface area contributed by atoms with E-state index in [0.29, 0.717) is 0 Å². The molecule has 0 unspecified atom stereocenters. The molecular weight excluding hydrogens is 255 g/mol. The Bertz CT molecular complexity index is 297. The molecule has 0 saturated heterocycles. The highest BCUT2D eigenvalue weighted by atomic mass is 32.2. The van der Waals surface area contributed by atoms with Gasteiger partial charge in [-0.25, -0.2) is 4.21 Å². The summed E-state index contributed by atoms with van der Waals surface area (Å²) < 4.78 is 55.8. The molecule has 0 aliphatic heterocycles. The first-order valence-electron chi connectivity index (χ1n) is 5.13. The fourth-order valence-corrected chi connectivity index (χ4v) is 1.33. The third kappa shape index (κ3) is 6.78. The second-order valence-corrected chi connectivity index (χ2v) is 6.57. The van der Waals surface area contributed by atoms with E-state index in [9.17, 15) is 17.4 Å². The maximum absolute atomic E-state index is 12.2. The van der Waals surface area contributed by atoms with Crippen LogP contribution in [0.1, 0.15) is 34.6 Å². The van der Waals surface area contributed by atoms with Gasteiger partial charge in [0.25, 0.3) is 0 Å². The highest BCUT2D eigenvalue weighted by Gasteiger charge is 2.37. The lowest BCUT2D eigenvalue weighted by Crippen LogP contribution is -2.32. The zero-order valence-electron chi connectivity index (χ0n) is 10.5. The minimum atomic E-state index is -4.40. The summed E-state index contributed by atoms with van der Waals surface area (Å²) in [6.45, 7) is 7.52. The number of hydrogen-bond acceptors (Lipinski definition) is 2. The van der Waals surface area contributed by atoms with Crippen LogP contribution >= 0.6 is 0 Å². The van der Waals surface area contributed by atoms with Crippen LogP contribution in [-0.2, 0) is 15.7 Å². The summed E-state index contributed by atoms with van der Waals surface area (Å²) in [7, 11) is -1.49. The van der Waals surface area contributed by atoms with E-state index >= 15 is 0 Å². The maximum atomic E-state index is 12.2. The second-order valence-electron chi connectivity index (χ2n) is 4.64. The van der Waals surface area contributed by atoms with Crippen molar-refractivity contribution in [3.8, 4) is 0 Å². The van der Waals surface area contributed by atoms with Crippen molar-refractivity contribution in [2.45, 2.75) is 57.7 Å². The first-order valence-corrected chi connectivity index (χ1v) is 6.23. The van der Waals surface area contributed by atoms with Crippen molar-refractivity contribution in [1.82, 2.24) is 0 Å². The molecule has 0 radical (unpaired) electrons. The molecule has 17 heavy (non-hydrogen) atoms. The van der Waals surface area contributed by atoms with Crippen molar-refractivity contribution in [3.05, 3.63) is 0 Å². The maximum Gasteiger partial charge on any atom is 0.414 e. The molecule has 102 valence electrons. The predicted octanol–water partition coefficient (Wildman–Crippen LogP) is 2.88. The standard InChI is InChI=1S/C10H18F3NO2S/c1-7(16-8(2)10(11,12)13)6-14-17(15)9(3,4)5/h6-8H,1-5H3/b14-6+/t7-,8+,17+/m1/s1. The van der Waals surface area contributed by atoms with Gasteiger partial charge >= 0.3 is 6.18 Å². The molecule has 7 heteroatoms. The van der Waals surface area contributed by atoms with Crippen LogP contribution in [0, 0.1) is 0 Å². The molecule has 0 N–H and O–H groups in total. The number of rotatable bonds is 4. The molecule has 0 saturated carbocycles. The fraction of sp³-hybridized carbons (Fsp3) is 0.900. The van der Waals surface area contributed by atoms with Crippen LogP contribution in [0.25, 0.3) is 0 Å². The van der Waals surface area contributed by atoms with Gasteiger partial charge in [0.15, 0.2) is 6.10 Å². The molecule has 0 aliphatic carbocycles. The van der Waals surface area contributed by atoms with E-state index in [1.807, 2.05) is 0 Å². The van der Waals surface area contributed by atoms with E-state index in [2.05, 4.69) is 9.13 Å². The third-order valence-electron chi connectivity index (χ3n) is 1.77. The molecule has 0 fully saturated rings. The molecule has 3 atom stereocenters. The van der Waals surface area contributed by atoms with Crippen molar-refractivity contribution in [2.75, 3.05) is 0 Å². The Labute approximate surface area is 102 Å². The highest BCUT2D eigenvalue weighted by Crippen LogP contribution is 2.23. The van der Waals surface area contributed by atoms with Crippen molar-refractivity contribution in [3.63, 3.8) is 0 Å². The normalized spacial score (nSPS) is 19.3. The van der Waals surface area contributed by atoms with E-state index in [4.69, 9.17) is 0 Å². The summed E-state index contributed by atoms with van der Waals surface area (Å²) in [5.41, 5.74) is 0. The topological polar surface area (TPSA) is 38.7 Å². The highest BCUT2D eigenvalue weighted by molar-refractivity contribution is 7.85. The first-order chi connectivity index (χ1) is 7.44.